The molecule has 1 aromatic rings. The molecule has 1 atom stereocenters. The Kier molecular flexibility index (Phi) is 4.28. The Labute approximate surface area is 118 Å². The third kappa shape index (κ3) is 2.77. The number of nitrogens with two attached hydrogens (primary N) is 1. The van der Waals surface area contributed by atoms with Gasteiger partial charge in [-0.2, -0.15) is 9.57 Å². The Morgan fingerprint density at radius 1 is 1.55 bits per heavy atom. The number of sulfonamides is 1. The Balaban J connectivity index is 2.30. The molecule has 7 heteroatoms. The highest BCUT2D eigenvalue weighted by Gasteiger charge is 2.30. The van der Waals surface area contributed by atoms with Crippen LogP contribution in [0.5, 0.6) is 0 Å². The van der Waals surface area contributed by atoms with Gasteiger partial charge in [-0.25, -0.2) is 8.42 Å². The van der Waals surface area contributed by atoms with Crippen LogP contribution in [0.3, 0.4) is 0 Å². The lowest BCUT2D eigenvalue weighted by Crippen LogP contribution is -2.45. The summed E-state index contributed by atoms with van der Waals surface area (Å²) in [6.45, 7) is 2.48. The van der Waals surface area contributed by atoms with Crippen molar-refractivity contribution in [1.82, 2.24) is 4.31 Å². The van der Waals surface area contributed by atoms with E-state index >= 15 is 0 Å². The summed E-state index contributed by atoms with van der Waals surface area (Å²) in [5, 5.41) is 8.84. The van der Waals surface area contributed by atoms with Crippen LogP contribution < -0.4 is 5.73 Å². The smallest absolute Gasteiger partial charge is 0.243 e. The number of aryl methyl sites for hydroxylation is 1. The van der Waals surface area contributed by atoms with E-state index in [1.165, 1.54) is 10.4 Å². The third-order valence-corrected chi connectivity index (χ3v) is 5.17. The maximum atomic E-state index is 12.5. The second-order valence-corrected chi connectivity index (χ2v) is 6.50. The van der Waals surface area contributed by atoms with Crippen LogP contribution in [0.1, 0.15) is 12.5 Å². The van der Waals surface area contributed by atoms with Crippen LogP contribution in [0.15, 0.2) is 23.1 Å². The lowest BCUT2D eigenvalue weighted by Gasteiger charge is -2.29. The molecule has 0 spiro atoms. The van der Waals surface area contributed by atoms with E-state index in [0.29, 0.717) is 5.69 Å². The van der Waals surface area contributed by atoms with Gasteiger partial charge in [-0.1, -0.05) is 13.0 Å². The number of rotatable bonds is 3. The van der Waals surface area contributed by atoms with Crippen molar-refractivity contribution in [2.24, 2.45) is 0 Å². The molecular weight excluding hydrogens is 278 g/mol. The van der Waals surface area contributed by atoms with Crippen molar-refractivity contribution in [2.45, 2.75) is 24.3 Å². The normalized spacial score (nSPS) is 20.5. The highest BCUT2D eigenvalue weighted by Crippen LogP contribution is 2.23. The molecule has 2 N–H and O–H groups in total. The molecule has 6 nitrogen and oxygen atoms in total. The molecule has 1 aliphatic heterocycles. The number of anilines is 1. The number of hydrogen-bond acceptors (Lipinski definition) is 5. The zero-order valence-corrected chi connectivity index (χ0v) is 12.1. The van der Waals surface area contributed by atoms with Crippen molar-refractivity contribution < 1.29 is 13.2 Å². The molecule has 1 saturated heterocycles. The van der Waals surface area contributed by atoms with Gasteiger partial charge in [0.1, 0.15) is 0 Å². The van der Waals surface area contributed by atoms with Crippen molar-refractivity contribution in [2.75, 3.05) is 25.4 Å². The topological polar surface area (TPSA) is 96.4 Å². The van der Waals surface area contributed by atoms with Crippen molar-refractivity contribution in [3.05, 3.63) is 23.8 Å². The number of ether oxygens (including phenoxy) is 1. The minimum atomic E-state index is -3.63. The average molecular weight is 295 g/mol. The van der Waals surface area contributed by atoms with Crippen LogP contribution >= 0.6 is 0 Å². The molecule has 108 valence electrons. The van der Waals surface area contributed by atoms with E-state index in [2.05, 4.69) is 0 Å². The van der Waals surface area contributed by atoms with Gasteiger partial charge in [-0.3, -0.25) is 0 Å². The highest BCUT2D eigenvalue weighted by molar-refractivity contribution is 7.89. The maximum Gasteiger partial charge on any atom is 0.243 e. The summed E-state index contributed by atoms with van der Waals surface area (Å²) in [5.41, 5.74) is 7.24. The van der Waals surface area contributed by atoms with Gasteiger partial charge >= 0.3 is 0 Å². The molecule has 0 bridgehead atoms. The first kappa shape index (κ1) is 14.8. The summed E-state index contributed by atoms with van der Waals surface area (Å²) < 4.78 is 31.4. The minimum absolute atomic E-state index is 0.0499. The van der Waals surface area contributed by atoms with Crippen LogP contribution in [0.25, 0.3) is 0 Å². The quantitative estimate of drug-likeness (QED) is 0.830. The van der Waals surface area contributed by atoms with Gasteiger partial charge in [0.05, 0.1) is 24.1 Å². The Morgan fingerprint density at radius 2 is 2.30 bits per heavy atom. The lowest BCUT2D eigenvalue weighted by molar-refractivity contribution is 0.0311. The first-order valence-corrected chi connectivity index (χ1v) is 7.82. The fourth-order valence-electron chi connectivity index (χ4n) is 2.13. The monoisotopic (exact) mass is 295 g/mol. The fourth-order valence-corrected chi connectivity index (χ4v) is 3.59. The summed E-state index contributed by atoms with van der Waals surface area (Å²) in [4.78, 5) is 0.158. The molecule has 1 aromatic carbocycles. The van der Waals surface area contributed by atoms with E-state index in [4.69, 9.17) is 15.7 Å². The number of hydrogen-bond donors (Lipinski definition) is 1. The number of nitrogens with zero attached hydrogens (tertiary/aromatic N) is 2. The van der Waals surface area contributed by atoms with E-state index in [-0.39, 0.29) is 24.6 Å². The predicted octanol–water partition coefficient (Wildman–Crippen LogP) is 0.744. The van der Waals surface area contributed by atoms with Gasteiger partial charge in [0.15, 0.2) is 6.10 Å². The van der Waals surface area contributed by atoms with Crippen LogP contribution in [0.2, 0.25) is 0 Å². The molecular formula is C13H17N3O3S. The van der Waals surface area contributed by atoms with Gasteiger partial charge in [0.2, 0.25) is 10.0 Å². The predicted molar refractivity (Wildman–Crippen MR) is 74.3 cm³/mol. The summed E-state index contributed by atoms with van der Waals surface area (Å²) in [7, 11) is -3.63. The number of nitrogen functional groups attached to an aromatic ring is 1. The van der Waals surface area contributed by atoms with Crippen molar-refractivity contribution in [3.8, 4) is 6.07 Å². The second-order valence-electron chi connectivity index (χ2n) is 4.57. The van der Waals surface area contributed by atoms with E-state index in [1.54, 1.807) is 12.1 Å². The Hall–Kier alpha value is -1.62. The number of morpholine rings is 1. The largest absolute Gasteiger partial charge is 0.398 e. The maximum absolute atomic E-state index is 12.5. The molecule has 0 aliphatic carbocycles. The average Bonchev–Trinajstić information content (AvgIpc) is 2.47. The number of nitriles is 1. The van der Waals surface area contributed by atoms with Crippen LogP contribution in [0, 0.1) is 11.3 Å². The van der Waals surface area contributed by atoms with E-state index in [1.807, 2.05) is 13.0 Å². The number of benzene rings is 1. The summed E-state index contributed by atoms with van der Waals surface area (Å²) in [6, 6.07) is 6.69. The molecule has 0 saturated carbocycles. The first-order valence-electron chi connectivity index (χ1n) is 6.38. The fraction of sp³-hybridized carbons (Fsp3) is 0.462. The first-order chi connectivity index (χ1) is 9.48. The van der Waals surface area contributed by atoms with Crippen molar-refractivity contribution >= 4 is 15.7 Å². The standard InChI is InChI=1S/C13H17N3O3S/c1-2-10-3-4-12(7-13(10)15)20(17,18)16-5-6-19-11(8-14)9-16/h3-4,7,11H,2,5-6,9,15H2,1H3. The second kappa shape index (κ2) is 5.79. The minimum Gasteiger partial charge on any atom is -0.398 e. The summed E-state index contributed by atoms with van der Waals surface area (Å²) >= 11 is 0. The molecule has 2 rings (SSSR count). The van der Waals surface area contributed by atoms with E-state index < -0.39 is 16.1 Å². The van der Waals surface area contributed by atoms with Crippen LogP contribution in [0.4, 0.5) is 5.69 Å². The molecule has 0 aromatic heterocycles. The molecule has 1 heterocycles. The van der Waals surface area contributed by atoms with Gasteiger partial charge in [0, 0.05) is 12.2 Å². The van der Waals surface area contributed by atoms with Gasteiger partial charge in [-0.15, -0.1) is 0 Å². The van der Waals surface area contributed by atoms with E-state index in [9.17, 15) is 8.42 Å². The van der Waals surface area contributed by atoms with E-state index in [0.717, 1.165) is 12.0 Å². The van der Waals surface area contributed by atoms with Gasteiger partial charge < -0.3 is 10.5 Å². The molecule has 0 amide bonds. The summed E-state index contributed by atoms with van der Waals surface area (Å²) in [6.07, 6.45) is 0.0334. The van der Waals surface area contributed by atoms with Crippen LogP contribution in [-0.2, 0) is 21.2 Å². The molecule has 20 heavy (non-hydrogen) atoms. The summed E-state index contributed by atoms with van der Waals surface area (Å²) in [5.74, 6) is 0. The van der Waals surface area contributed by atoms with Gasteiger partial charge in [0.25, 0.3) is 0 Å². The zero-order chi connectivity index (χ0) is 14.8. The lowest BCUT2D eigenvalue weighted by atomic mass is 10.1. The molecule has 0 radical (unpaired) electrons. The Bertz CT molecular complexity index is 637. The van der Waals surface area contributed by atoms with Crippen molar-refractivity contribution in [1.29, 1.82) is 5.26 Å². The molecule has 1 fully saturated rings. The highest BCUT2D eigenvalue weighted by atomic mass is 32.2. The molecule has 1 unspecified atom stereocenters. The van der Waals surface area contributed by atoms with Gasteiger partial charge in [-0.05, 0) is 24.1 Å². The Morgan fingerprint density at radius 3 is 2.90 bits per heavy atom. The van der Waals surface area contributed by atoms with Crippen LogP contribution in [-0.4, -0.2) is 38.5 Å². The zero-order valence-electron chi connectivity index (χ0n) is 11.2. The SMILES string of the molecule is CCc1ccc(S(=O)(=O)N2CCOC(C#N)C2)cc1N. The third-order valence-electron chi connectivity index (χ3n) is 3.31. The molecule has 1 aliphatic rings. The van der Waals surface area contributed by atoms with Crippen molar-refractivity contribution in [3.63, 3.8) is 0 Å².